The van der Waals surface area contributed by atoms with Gasteiger partial charge in [0.2, 0.25) is 0 Å². The van der Waals surface area contributed by atoms with E-state index in [1.165, 1.54) is 11.3 Å². The van der Waals surface area contributed by atoms with Crippen molar-refractivity contribution in [2.24, 2.45) is 0 Å². The number of nitrogen functional groups attached to an aromatic ring is 1. The zero-order valence-corrected chi connectivity index (χ0v) is 11.9. The van der Waals surface area contributed by atoms with Crippen molar-refractivity contribution in [2.45, 2.75) is 45.7 Å². The highest BCUT2D eigenvalue weighted by Gasteiger charge is 2.33. The van der Waals surface area contributed by atoms with Gasteiger partial charge in [0.15, 0.2) is 5.13 Å². The highest BCUT2D eigenvalue weighted by molar-refractivity contribution is 7.18. The summed E-state index contributed by atoms with van der Waals surface area (Å²) in [6, 6.07) is 0.690. The molecule has 1 aliphatic rings. The Kier molecular flexibility index (Phi) is 3.75. The molecule has 0 bridgehead atoms. The van der Waals surface area contributed by atoms with Gasteiger partial charge < -0.3 is 16.0 Å². The lowest BCUT2D eigenvalue weighted by molar-refractivity contribution is 0.0758. The molecule has 1 fully saturated rings. The maximum absolute atomic E-state index is 12.4. The minimum absolute atomic E-state index is 0.0202. The molecule has 1 aromatic rings. The third kappa shape index (κ3) is 2.75. The molecule has 1 aliphatic carbocycles. The second kappa shape index (κ2) is 5.14. The van der Waals surface area contributed by atoms with Gasteiger partial charge in [-0.3, -0.25) is 4.79 Å². The van der Waals surface area contributed by atoms with E-state index in [-0.39, 0.29) is 11.9 Å². The van der Waals surface area contributed by atoms with Crippen molar-refractivity contribution in [3.8, 4) is 0 Å². The monoisotopic (exact) mass is 268 g/mol. The topological polar surface area (TPSA) is 71.2 Å². The van der Waals surface area contributed by atoms with Gasteiger partial charge in [-0.15, -0.1) is 0 Å². The van der Waals surface area contributed by atoms with E-state index < -0.39 is 0 Å². The number of hydrogen-bond donors (Lipinski definition) is 2. The van der Waals surface area contributed by atoms with E-state index in [0.717, 1.165) is 24.5 Å². The lowest BCUT2D eigenvalue weighted by Gasteiger charge is -2.19. The molecule has 0 spiro atoms. The molecule has 1 amide bonds. The van der Waals surface area contributed by atoms with Gasteiger partial charge >= 0.3 is 0 Å². The van der Waals surface area contributed by atoms with E-state index in [9.17, 15) is 4.79 Å². The molecule has 6 heteroatoms. The van der Waals surface area contributed by atoms with Crippen LogP contribution < -0.4 is 11.1 Å². The Hall–Kier alpha value is -1.30. The Bertz CT molecular complexity index is 439. The summed E-state index contributed by atoms with van der Waals surface area (Å²) >= 11 is 1.35. The largest absolute Gasteiger partial charge is 0.382 e. The number of nitrogens with one attached hydrogen (secondary N) is 1. The average molecular weight is 268 g/mol. The minimum atomic E-state index is 0.0202. The van der Waals surface area contributed by atoms with Gasteiger partial charge in [-0.2, -0.15) is 0 Å². The summed E-state index contributed by atoms with van der Waals surface area (Å²) < 4.78 is 0. The second-order valence-corrected chi connectivity index (χ2v) is 5.85. The van der Waals surface area contributed by atoms with Crippen LogP contribution in [-0.2, 0) is 0 Å². The first-order chi connectivity index (χ1) is 8.52. The molecule has 5 nitrogen and oxygen atoms in total. The molecule has 1 saturated carbocycles. The number of hydrogen-bond acceptors (Lipinski definition) is 5. The Balaban J connectivity index is 2.16. The summed E-state index contributed by atoms with van der Waals surface area (Å²) in [5.74, 6) is 0.360. The van der Waals surface area contributed by atoms with E-state index in [4.69, 9.17) is 5.73 Å². The number of rotatable bonds is 5. The molecule has 0 saturated heterocycles. The predicted molar refractivity (Wildman–Crippen MR) is 75.0 cm³/mol. The van der Waals surface area contributed by atoms with Gasteiger partial charge in [0.1, 0.15) is 10.7 Å². The van der Waals surface area contributed by atoms with E-state index in [2.05, 4.69) is 10.3 Å². The molecular weight excluding hydrogens is 248 g/mol. The maximum atomic E-state index is 12.4. The summed E-state index contributed by atoms with van der Waals surface area (Å²) in [5.41, 5.74) is 5.84. The fourth-order valence-electron chi connectivity index (χ4n) is 1.88. The fourth-order valence-corrected chi connectivity index (χ4v) is 2.86. The maximum Gasteiger partial charge on any atom is 0.268 e. The minimum Gasteiger partial charge on any atom is -0.382 e. The summed E-state index contributed by atoms with van der Waals surface area (Å²) in [7, 11) is 0. The SMILES string of the molecule is CCN(C(=O)c1sc(NC(C)C)nc1N)C1CC1. The van der Waals surface area contributed by atoms with Gasteiger partial charge in [-0.05, 0) is 33.6 Å². The van der Waals surface area contributed by atoms with Crippen molar-refractivity contribution in [3.63, 3.8) is 0 Å². The first-order valence-electron chi connectivity index (χ1n) is 6.36. The summed E-state index contributed by atoms with van der Waals surface area (Å²) in [6.07, 6.45) is 2.21. The van der Waals surface area contributed by atoms with Crippen molar-refractivity contribution >= 4 is 28.2 Å². The highest BCUT2D eigenvalue weighted by atomic mass is 32.1. The smallest absolute Gasteiger partial charge is 0.268 e. The number of carbonyl (C=O) groups is 1. The van der Waals surface area contributed by atoms with Crippen LogP contribution in [0, 0.1) is 0 Å². The van der Waals surface area contributed by atoms with Crippen molar-refractivity contribution in [1.29, 1.82) is 0 Å². The number of thiazole rings is 1. The zero-order chi connectivity index (χ0) is 13.3. The van der Waals surface area contributed by atoms with Crippen LogP contribution >= 0.6 is 11.3 Å². The van der Waals surface area contributed by atoms with Gasteiger partial charge in [-0.1, -0.05) is 11.3 Å². The van der Waals surface area contributed by atoms with E-state index in [1.54, 1.807) is 0 Å². The number of anilines is 2. The fraction of sp³-hybridized carbons (Fsp3) is 0.667. The Labute approximate surface area is 111 Å². The second-order valence-electron chi connectivity index (χ2n) is 4.85. The summed E-state index contributed by atoms with van der Waals surface area (Å²) in [4.78, 5) is 19.0. The number of aromatic nitrogens is 1. The van der Waals surface area contributed by atoms with Crippen molar-refractivity contribution in [1.82, 2.24) is 9.88 Å². The first-order valence-corrected chi connectivity index (χ1v) is 7.18. The van der Waals surface area contributed by atoms with Gasteiger partial charge in [0, 0.05) is 18.6 Å². The highest BCUT2D eigenvalue weighted by Crippen LogP contribution is 2.32. The van der Waals surface area contributed by atoms with E-state index in [1.807, 2.05) is 25.7 Å². The lowest BCUT2D eigenvalue weighted by atomic mass is 10.4. The number of carbonyl (C=O) groups excluding carboxylic acids is 1. The van der Waals surface area contributed by atoms with Crippen molar-refractivity contribution < 1.29 is 4.79 Å². The molecular formula is C12H20N4OS. The van der Waals surface area contributed by atoms with Crippen LogP contribution in [-0.4, -0.2) is 34.4 Å². The van der Waals surface area contributed by atoms with Crippen LogP contribution in [0.1, 0.15) is 43.3 Å². The molecule has 0 atom stereocenters. The van der Waals surface area contributed by atoms with Crippen molar-refractivity contribution in [2.75, 3.05) is 17.6 Å². The van der Waals surface area contributed by atoms with Gasteiger partial charge in [0.05, 0.1) is 0 Å². The van der Waals surface area contributed by atoms with Crippen LogP contribution in [0.15, 0.2) is 0 Å². The first kappa shape index (κ1) is 13.1. The van der Waals surface area contributed by atoms with Crippen LogP contribution in [0.5, 0.6) is 0 Å². The molecule has 3 N–H and O–H groups in total. The van der Waals surface area contributed by atoms with Crippen LogP contribution in [0.2, 0.25) is 0 Å². The molecule has 0 unspecified atom stereocenters. The molecule has 1 heterocycles. The Morgan fingerprint density at radius 3 is 2.78 bits per heavy atom. The Morgan fingerprint density at radius 2 is 2.28 bits per heavy atom. The standard InChI is InChI=1S/C12H20N4OS/c1-4-16(8-5-6-8)11(17)9-10(13)15-12(18-9)14-7(2)3/h7-8H,4-6,13H2,1-3H3,(H,14,15). The van der Waals surface area contributed by atoms with Gasteiger partial charge in [-0.25, -0.2) is 4.98 Å². The number of nitrogens with zero attached hydrogens (tertiary/aromatic N) is 2. The quantitative estimate of drug-likeness (QED) is 0.858. The lowest BCUT2D eigenvalue weighted by Crippen LogP contribution is -2.32. The van der Waals surface area contributed by atoms with Crippen LogP contribution in [0.3, 0.4) is 0 Å². The molecule has 18 heavy (non-hydrogen) atoms. The Morgan fingerprint density at radius 1 is 1.61 bits per heavy atom. The van der Waals surface area contributed by atoms with Crippen LogP contribution in [0.25, 0.3) is 0 Å². The normalized spacial score (nSPS) is 14.9. The third-order valence-electron chi connectivity index (χ3n) is 2.85. The zero-order valence-electron chi connectivity index (χ0n) is 11.1. The molecule has 2 rings (SSSR count). The number of nitrogens with two attached hydrogens (primary N) is 1. The molecule has 0 aromatic carbocycles. The molecule has 0 aliphatic heterocycles. The number of amides is 1. The van der Waals surface area contributed by atoms with Crippen LogP contribution in [0.4, 0.5) is 10.9 Å². The average Bonchev–Trinajstić information content (AvgIpc) is 3.04. The summed E-state index contributed by atoms with van der Waals surface area (Å²) in [6.45, 7) is 6.79. The third-order valence-corrected chi connectivity index (χ3v) is 3.84. The summed E-state index contributed by atoms with van der Waals surface area (Å²) in [5, 5.41) is 3.90. The van der Waals surface area contributed by atoms with E-state index >= 15 is 0 Å². The van der Waals surface area contributed by atoms with E-state index in [0.29, 0.717) is 16.7 Å². The van der Waals surface area contributed by atoms with Crippen molar-refractivity contribution in [3.05, 3.63) is 4.88 Å². The van der Waals surface area contributed by atoms with Gasteiger partial charge in [0.25, 0.3) is 5.91 Å². The molecule has 100 valence electrons. The molecule has 0 radical (unpaired) electrons. The molecule has 1 aromatic heterocycles. The predicted octanol–water partition coefficient (Wildman–Crippen LogP) is 2.17.